The molecule has 2 aromatic rings. The Hall–Kier alpha value is -3.62. The lowest BCUT2D eigenvalue weighted by atomic mass is 9.80. The number of benzene rings is 2. The summed E-state index contributed by atoms with van der Waals surface area (Å²) in [6.45, 7) is 17.5. The first kappa shape index (κ1) is 38.8. The molecule has 10 nitrogen and oxygen atoms in total. The predicted octanol–water partition coefficient (Wildman–Crippen LogP) is 1.97. The van der Waals surface area contributed by atoms with Crippen molar-refractivity contribution in [3.63, 3.8) is 0 Å². The largest absolute Gasteiger partial charge is 1.00 e. The van der Waals surface area contributed by atoms with E-state index in [4.69, 9.17) is 0 Å². The van der Waals surface area contributed by atoms with Crippen LogP contribution in [0.15, 0.2) is 77.9 Å². The average molecular weight is 789 g/mol. The molecule has 48 heavy (non-hydrogen) atoms. The fourth-order valence-electron chi connectivity index (χ4n) is 6.44. The van der Waals surface area contributed by atoms with Gasteiger partial charge in [0.05, 0.1) is 16.9 Å². The van der Waals surface area contributed by atoms with E-state index < -0.39 is 20.9 Å². The fraction of sp³-hybridized carbons (Fsp3) is 0.389. The molecule has 0 radical (unpaired) electrons. The molecule has 0 saturated carbocycles. The maximum Gasteiger partial charge on any atom is 0.294 e. The Labute approximate surface area is 300 Å². The van der Waals surface area contributed by atoms with Gasteiger partial charge in [-0.25, -0.2) is 0 Å². The summed E-state index contributed by atoms with van der Waals surface area (Å²) in [6, 6.07) is 10.3. The molecular weight excluding hydrogens is 743 g/mol. The first-order valence-corrected chi connectivity index (χ1v) is 17.3. The van der Waals surface area contributed by atoms with Gasteiger partial charge >= 0.3 is 0 Å². The molecule has 3 N–H and O–H groups in total. The summed E-state index contributed by atoms with van der Waals surface area (Å²) in [6.07, 6.45) is 7.80. The van der Waals surface area contributed by atoms with Crippen molar-refractivity contribution in [2.75, 3.05) is 31.1 Å². The van der Waals surface area contributed by atoms with Crippen molar-refractivity contribution in [2.45, 2.75) is 70.1 Å². The number of carbonyl (C=O) groups excluding carboxylic acids is 3. The fourth-order valence-corrected chi connectivity index (χ4v) is 6.95. The number of nitrogens with zero attached hydrogens (tertiary/aromatic N) is 2. The number of ketones is 1. The molecule has 2 heterocycles. The number of fused-ring (bicyclic) bond motifs is 2. The number of allylic oxidation sites excluding steroid dienone is 4. The highest BCUT2D eigenvalue weighted by atomic mass is 127. The molecule has 0 aromatic heterocycles. The first-order valence-electron chi connectivity index (χ1n) is 15.8. The van der Waals surface area contributed by atoms with Crippen LogP contribution in [0.2, 0.25) is 0 Å². The van der Waals surface area contributed by atoms with Crippen LogP contribution >= 0.6 is 0 Å². The molecule has 2 aliphatic rings. The normalized spacial score (nSPS) is 16.8. The van der Waals surface area contributed by atoms with Crippen LogP contribution in [0.4, 0.5) is 11.4 Å². The number of rotatable bonds is 13. The SMILES string of the molecule is C=CCNC(=O)CCC(=O)CNC(=O)c1ccc2c(c1)C(C)(C)C(/C=C/C=C1/N(CC)c3ccc(S(=O)(=O)O)cc3C1(C)C)=[N+]2CC.[I-]. The summed E-state index contributed by atoms with van der Waals surface area (Å²) < 4.78 is 35.6. The van der Waals surface area contributed by atoms with E-state index in [-0.39, 0.29) is 65.9 Å². The van der Waals surface area contributed by atoms with Crippen molar-refractivity contribution in [3.05, 3.63) is 89.7 Å². The standard InChI is InChI=1S/C36H44N4O6S.HI/c1-8-20-37-33(42)19-15-25(41)23-38-34(43)24-14-17-29-27(21-24)35(4,5)31(39(29)9-2)12-11-13-32-36(6,7)28-22-26(47(44,45)46)16-18-30(28)40(32)10-3;/h8,11-14,16-18,21-22H,1,9-10,15,19-20,23H2,2-7H3,(H2-,37,38,42,43,44,45,46);1H. The van der Waals surface area contributed by atoms with Gasteiger partial charge in [-0.15, -0.1) is 6.58 Å². The van der Waals surface area contributed by atoms with Gasteiger partial charge in [0.2, 0.25) is 11.6 Å². The minimum atomic E-state index is -4.33. The minimum absolute atomic E-state index is 0. The molecule has 0 unspecified atom stereocenters. The summed E-state index contributed by atoms with van der Waals surface area (Å²) >= 11 is 0. The molecule has 0 atom stereocenters. The predicted molar refractivity (Wildman–Crippen MR) is 184 cm³/mol. The Morgan fingerprint density at radius 3 is 2.31 bits per heavy atom. The van der Waals surface area contributed by atoms with Crippen LogP contribution in [0.25, 0.3) is 0 Å². The van der Waals surface area contributed by atoms with E-state index in [1.54, 1.807) is 24.3 Å². The quantitative estimate of drug-likeness (QED) is 0.122. The molecule has 0 aliphatic carbocycles. The van der Waals surface area contributed by atoms with Crippen molar-refractivity contribution in [1.29, 1.82) is 0 Å². The zero-order chi connectivity index (χ0) is 34.7. The van der Waals surface area contributed by atoms with Crippen molar-refractivity contribution >= 4 is 44.8 Å². The molecule has 2 aromatic carbocycles. The highest BCUT2D eigenvalue weighted by Crippen LogP contribution is 2.48. The summed E-state index contributed by atoms with van der Waals surface area (Å²) in [4.78, 5) is 39.1. The van der Waals surface area contributed by atoms with Crippen molar-refractivity contribution < 1.29 is 55.9 Å². The van der Waals surface area contributed by atoms with Gasteiger partial charge in [0.1, 0.15) is 6.54 Å². The maximum absolute atomic E-state index is 13.0. The number of hydrogen-bond acceptors (Lipinski definition) is 6. The molecule has 258 valence electrons. The number of carbonyl (C=O) groups is 3. The lowest BCUT2D eigenvalue weighted by Crippen LogP contribution is -3.00. The zero-order valence-corrected chi connectivity index (χ0v) is 31.4. The number of amides is 2. The van der Waals surface area contributed by atoms with Crippen molar-refractivity contribution in [3.8, 4) is 0 Å². The van der Waals surface area contributed by atoms with Crippen LogP contribution in [0, 0.1) is 0 Å². The summed E-state index contributed by atoms with van der Waals surface area (Å²) in [7, 11) is -4.33. The van der Waals surface area contributed by atoms with Crippen LogP contribution in [0.5, 0.6) is 0 Å². The third kappa shape index (κ3) is 7.81. The first-order chi connectivity index (χ1) is 22.1. The van der Waals surface area contributed by atoms with E-state index in [1.807, 2.05) is 39.0 Å². The van der Waals surface area contributed by atoms with Crippen molar-refractivity contribution in [1.82, 2.24) is 10.6 Å². The third-order valence-corrected chi connectivity index (χ3v) is 9.83. The van der Waals surface area contributed by atoms with Crippen LogP contribution < -0.4 is 39.5 Å². The van der Waals surface area contributed by atoms with Gasteiger partial charge in [0.25, 0.3) is 16.0 Å². The van der Waals surface area contributed by atoms with Gasteiger partial charge in [-0.3, -0.25) is 18.9 Å². The molecule has 0 saturated heterocycles. The second kappa shape index (κ2) is 15.3. The Morgan fingerprint density at radius 1 is 0.979 bits per heavy atom. The second-order valence-electron chi connectivity index (χ2n) is 12.7. The molecular formula is C36H45IN4O6S. The maximum atomic E-state index is 13.0. The third-order valence-electron chi connectivity index (χ3n) is 8.98. The topological polar surface area (TPSA) is 136 Å². The van der Waals surface area contributed by atoms with E-state index in [1.165, 1.54) is 6.07 Å². The highest BCUT2D eigenvalue weighted by molar-refractivity contribution is 7.85. The van der Waals surface area contributed by atoms with E-state index in [0.717, 1.165) is 33.9 Å². The number of hydrogen-bond donors (Lipinski definition) is 3. The molecule has 12 heteroatoms. The van der Waals surface area contributed by atoms with Crippen molar-refractivity contribution in [2.24, 2.45) is 0 Å². The number of halogens is 1. The summed E-state index contributed by atoms with van der Waals surface area (Å²) in [5.41, 5.74) is 5.28. The zero-order valence-electron chi connectivity index (χ0n) is 28.4. The molecule has 0 fully saturated rings. The monoisotopic (exact) mass is 788 g/mol. The Morgan fingerprint density at radius 2 is 1.69 bits per heavy atom. The smallest absolute Gasteiger partial charge is 0.294 e. The second-order valence-corrected chi connectivity index (χ2v) is 14.2. The van der Waals surface area contributed by atoms with Gasteiger partial charge in [0.15, 0.2) is 11.5 Å². The van der Waals surface area contributed by atoms with Gasteiger partial charge in [-0.05, 0) is 69.7 Å². The van der Waals surface area contributed by atoms with Gasteiger partial charge in [-0.2, -0.15) is 13.0 Å². The van der Waals surface area contributed by atoms with E-state index >= 15 is 0 Å². The highest BCUT2D eigenvalue weighted by Gasteiger charge is 2.44. The van der Waals surface area contributed by atoms with Crippen LogP contribution in [-0.2, 0) is 30.5 Å². The van der Waals surface area contributed by atoms with Crippen LogP contribution in [-0.4, -0.2) is 67.0 Å². The molecule has 2 aliphatic heterocycles. The minimum Gasteiger partial charge on any atom is -1.00 e. The molecule has 2 amide bonds. The lowest BCUT2D eigenvalue weighted by Gasteiger charge is -2.25. The van der Waals surface area contributed by atoms with E-state index in [0.29, 0.717) is 25.2 Å². The van der Waals surface area contributed by atoms with Crippen LogP contribution in [0.1, 0.15) is 75.9 Å². The van der Waals surface area contributed by atoms with Gasteiger partial charge in [0, 0.05) is 66.0 Å². The average Bonchev–Trinajstić information content (AvgIpc) is 3.38. The van der Waals surface area contributed by atoms with Crippen LogP contribution in [0.3, 0.4) is 0 Å². The molecule has 4 rings (SSSR count). The number of anilines is 1. The van der Waals surface area contributed by atoms with E-state index in [9.17, 15) is 27.4 Å². The number of Topliss-reactive ketones (excluding diaryl/α,β-unsaturated/α-hetero) is 1. The van der Waals surface area contributed by atoms with Gasteiger partial charge < -0.3 is 39.5 Å². The van der Waals surface area contributed by atoms with Gasteiger partial charge in [-0.1, -0.05) is 26.0 Å². The summed E-state index contributed by atoms with van der Waals surface area (Å²) in [5, 5.41) is 5.32. The Kier molecular flexibility index (Phi) is 12.4. The lowest BCUT2D eigenvalue weighted by molar-refractivity contribution is -0.433. The Bertz CT molecular complexity index is 1820. The molecule has 0 spiro atoms. The van der Waals surface area contributed by atoms with E-state index in [2.05, 4.69) is 59.6 Å². The Balaban J connectivity index is 0.00000625. The summed E-state index contributed by atoms with van der Waals surface area (Å²) in [5.74, 6) is -0.823. The number of likely N-dealkylation sites (N-methyl/N-ethyl adjacent to an activating group) is 1. The molecule has 0 bridgehead atoms. The number of nitrogens with one attached hydrogen (secondary N) is 2.